The van der Waals surface area contributed by atoms with Crippen molar-refractivity contribution in [3.63, 3.8) is 0 Å². The number of hydrogen-bond acceptors (Lipinski definition) is 1. The summed E-state index contributed by atoms with van der Waals surface area (Å²) in [5.74, 6) is 1.18. The predicted octanol–water partition coefficient (Wildman–Crippen LogP) is 3.81. The molecule has 2 heterocycles. The molecule has 1 aliphatic rings. The second kappa shape index (κ2) is 4.83. The Morgan fingerprint density at radius 2 is 1.79 bits per heavy atom. The van der Waals surface area contributed by atoms with Crippen LogP contribution in [-0.2, 0) is 17.9 Å². The molecule has 0 N–H and O–H groups in total. The monoisotopic (exact) mass is 338 g/mol. The zero-order valence-corrected chi connectivity index (χ0v) is 14.9. The molecule has 130 valence electrons. The number of rotatable bonds is 1. The smallest absolute Gasteiger partial charge is 0.171 e. The molecule has 1 aromatic heterocycles. The normalized spacial score (nSPS) is 22.2. The van der Waals surface area contributed by atoms with Crippen molar-refractivity contribution in [1.29, 1.82) is 0 Å². The zero-order valence-electron chi connectivity index (χ0n) is 14.9. The third kappa shape index (κ3) is 2.11. The number of hydrogen-bond donors (Lipinski definition) is 0. The molecule has 6 heteroatoms. The van der Waals surface area contributed by atoms with Gasteiger partial charge in [-0.25, -0.2) is 0 Å². The van der Waals surface area contributed by atoms with Crippen LogP contribution in [0.5, 0.6) is 0 Å². The lowest BCUT2D eigenvalue weighted by molar-refractivity contribution is -0.751. The van der Waals surface area contributed by atoms with Crippen LogP contribution in [0.1, 0.15) is 50.0 Å². The average molecular weight is 338 g/mol. The summed E-state index contributed by atoms with van der Waals surface area (Å²) in [6.07, 6.45) is -5.17. The molecule has 0 fully saturated rings. The fourth-order valence-corrected chi connectivity index (χ4v) is 3.89. The summed E-state index contributed by atoms with van der Waals surface area (Å²) in [4.78, 5) is 4.55. The predicted molar refractivity (Wildman–Crippen MR) is 85.3 cm³/mol. The summed E-state index contributed by atoms with van der Waals surface area (Å²) < 4.78 is 44.0. The summed E-state index contributed by atoms with van der Waals surface area (Å²) in [5.41, 5.74) is 1.04. The minimum atomic E-state index is -4.27. The number of para-hydroxylation sites is 1. The van der Waals surface area contributed by atoms with E-state index in [2.05, 4.69) is 4.98 Å². The third-order valence-electron chi connectivity index (χ3n) is 5.79. The van der Waals surface area contributed by atoms with Crippen molar-refractivity contribution >= 4 is 0 Å². The van der Waals surface area contributed by atoms with Gasteiger partial charge in [-0.2, -0.15) is 17.9 Å². The van der Waals surface area contributed by atoms with Crippen LogP contribution in [0, 0.1) is 13.8 Å². The zero-order chi connectivity index (χ0) is 18.1. The Labute approximate surface area is 140 Å². The lowest BCUT2D eigenvalue weighted by atomic mass is 9.58. The van der Waals surface area contributed by atoms with E-state index in [1.807, 2.05) is 62.3 Å². The number of alkyl halides is 3. The Balaban J connectivity index is 2.42. The van der Waals surface area contributed by atoms with Gasteiger partial charge in [0.2, 0.25) is 0 Å². The summed E-state index contributed by atoms with van der Waals surface area (Å²) in [6.45, 7) is 9.28. The standard InChI is InChI=1S/C18H23F3N3/c1-11-8-7-9-13-14(11)24-15(22-12(2)23(24)6)17(5,16(13,3)4)10-18(19,20)21/h7-9H,10H2,1-6H3/q+1. The van der Waals surface area contributed by atoms with E-state index in [1.165, 1.54) is 0 Å². The molecule has 0 saturated carbocycles. The fraction of sp³-hybridized carbons (Fsp3) is 0.556. The third-order valence-corrected chi connectivity index (χ3v) is 5.79. The van der Waals surface area contributed by atoms with Crippen molar-refractivity contribution < 1.29 is 17.9 Å². The Morgan fingerprint density at radius 1 is 1.17 bits per heavy atom. The van der Waals surface area contributed by atoms with Crippen molar-refractivity contribution in [2.75, 3.05) is 0 Å². The Kier molecular flexibility index (Phi) is 3.42. The van der Waals surface area contributed by atoms with Crippen molar-refractivity contribution in [3.05, 3.63) is 41.0 Å². The van der Waals surface area contributed by atoms with Crippen LogP contribution in [-0.4, -0.2) is 15.8 Å². The summed E-state index contributed by atoms with van der Waals surface area (Å²) in [7, 11) is 1.84. The highest BCUT2D eigenvalue weighted by Crippen LogP contribution is 2.53. The average Bonchev–Trinajstić information content (AvgIpc) is 2.72. The minimum absolute atomic E-state index is 0.478. The Bertz CT molecular complexity index is 818. The van der Waals surface area contributed by atoms with E-state index in [9.17, 15) is 13.2 Å². The van der Waals surface area contributed by atoms with Gasteiger partial charge in [-0.05, 0) is 30.0 Å². The maximum Gasteiger partial charge on any atom is 0.390 e. The first kappa shape index (κ1) is 17.0. The summed E-state index contributed by atoms with van der Waals surface area (Å²) >= 11 is 0. The first-order chi connectivity index (χ1) is 10.9. The number of nitrogens with zero attached hydrogens (tertiary/aromatic N) is 3. The number of benzene rings is 1. The van der Waals surface area contributed by atoms with E-state index in [-0.39, 0.29) is 0 Å². The van der Waals surface area contributed by atoms with Gasteiger partial charge >= 0.3 is 12.0 Å². The molecular weight excluding hydrogens is 315 g/mol. The largest absolute Gasteiger partial charge is 0.390 e. The second-order valence-electron chi connectivity index (χ2n) is 7.54. The van der Waals surface area contributed by atoms with Gasteiger partial charge in [-0.3, -0.25) is 0 Å². The van der Waals surface area contributed by atoms with Gasteiger partial charge < -0.3 is 0 Å². The van der Waals surface area contributed by atoms with Crippen molar-refractivity contribution in [3.8, 4) is 5.69 Å². The van der Waals surface area contributed by atoms with Gasteiger partial charge in [0.15, 0.2) is 0 Å². The van der Waals surface area contributed by atoms with Crippen LogP contribution in [0.4, 0.5) is 13.2 Å². The number of fused-ring (bicyclic) bond motifs is 3. The van der Waals surface area contributed by atoms with E-state index >= 15 is 0 Å². The first-order valence-electron chi connectivity index (χ1n) is 8.03. The van der Waals surface area contributed by atoms with Gasteiger partial charge in [0.1, 0.15) is 7.05 Å². The fourth-order valence-electron chi connectivity index (χ4n) is 3.89. The van der Waals surface area contributed by atoms with Crippen molar-refractivity contribution in [1.82, 2.24) is 9.67 Å². The molecule has 3 nitrogen and oxygen atoms in total. The van der Waals surface area contributed by atoms with Crippen LogP contribution in [0.3, 0.4) is 0 Å². The van der Waals surface area contributed by atoms with E-state index < -0.39 is 23.4 Å². The molecule has 0 aliphatic carbocycles. The summed E-state index contributed by atoms with van der Waals surface area (Å²) in [6, 6.07) is 5.84. The summed E-state index contributed by atoms with van der Waals surface area (Å²) in [5, 5.41) is 0. The van der Waals surface area contributed by atoms with E-state index in [1.54, 1.807) is 6.92 Å². The Hall–Kier alpha value is -1.85. The van der Waals surface area contributed by atoms with Crippen LogP contribution in [0.15, 0.2) is 18.2 Å². The SMILES string of the molecule is Cc1cccc2c1-n1c(nc(C)[n+]1C)C(C)(CC(F)(F)F)C2(C)C. The van der Waals surface area contributed by atoms with Crippen LogP contribution in [0.25, 0.3) is 5.69 Å². The molecule has 0 radical (unpaired) electrons. The maximum absolute atomic E-state index is 13.4. The molecule has 1 aromatic carbocycles. The van der Waals surface area contributed by atoms with Gasteiger partial charge in [0, 0.05) is 12.3 Å². The van der Waals surface area contributed by atoms with E-state index in [0.29, 0.717) is 11.6 Å². The van der Waals surface area contributed by atoms with Gasteiger partial charge in [0.05, 0.1) is 17.5 Å². The lowest BCUT2D eigenvalue weighted by Gasteiger charge is -2.46. The van der Waals surface area contributed by atoms with Crippen LogP contribution in [0.2, 0.25) is 0 Å². The molecule has 2 aromatic rings. The van der Waals surface area contributed by atoms with Gasteiger partial charge in [-0.15, -0.1) is 4.68 Å². The molecule has 1 unspecified atom stereocenters. The highest BCUT2D eigenvalue weighted by molar-refractivity contribution is 5.55. The second-order valence-corrected chi connectivity index (χ2v) is 7.54. The van der Waals surface area contributed by atoms with Gasteiger partial charge in [-0.1, -0.05) is 32.0 Å². The van der Waals surface area contributed by atoms with Gasteiger partial charge in [0.25, 0.3) is 5.82 Å². The lowest BCUT2D eigenvalue weighted by Crippen LogP contribution is -2.54. The molecule has 0 saturated heterocycles. The maximum atomic E-state index is 13.4. The molecule has 1 aliphatic heterocycles. The molecule has 1 atom stereocenters. The molecule has 3 rings (SSSR count). The highest BCUT2D eigenvalue weighted by atomic mass is 19.4. The highest BCUT2D eigenvalue weighted by Gasteiger charge is 2.59. The minimum Gasteiger partial charge on any atom is -0.171 e. The molecule has 0 bridgehead atoms. The number of halogens is 3. The Morgan fingerprint density at radius 3 is 2.38 bits per heavy atom. The number of aryl methyl sites for hydroxylation is 2. The van der Waals surface area contributed by atoms with Crippen LogP contribution < -0.4 is 4.68 Å². The quantitative estimate of drug-likeness (QED) is 0.725. The molecule has 0 spiro atoms. The van der Waals surface area contributed by atoms with Crippen LogP contribution >= 0.6 is 0 Å². The first-order valence-corrected chi connectivity index (χ1v) is 8.03. The molecule has 0 amide bonds. The number of aromatic nitrogens is 3. The van der Waals surface area contributed by atoms with Crippen molar-refractivity contribution in [2.45, 2.75) is 58.0 Å². The van der Waals surface area contributed by atoms with E-state index in [4.69, 9.17) is 0 Å². The van der Waals surface area contributed by atoms with Crippen molar-refractivity contribution in [2.24, 2.45) is 7.05 Å². The molecule has 24 heavy (non-hydrogen) atoms. The molecular formula is C18H23F3N3+. The topological polar surface area (TPSA) is 21.7 Å². The van der Waals surface area contributed by atoms with E-state index in [0.717, 1.165) is 16.8 Å².